The molecule has 3 aromatic carbocycles. The fourth-order valence-corrected chi connectivity index (χ4v) is 5.92. The molecule has 2 bridgehead atoms. The van der Waals surface area contributed by atoms with Gasteiger partial charge in [-0.3, -0.25) is 4.79 Å². The van der Waals surface area contributed by atoms with Gasteiger partial charge in [-0.05, 0) is 89.8 Å². The monoisotopic (exact) mass is 527 g/mol. The van der Waals surface area contributed by atoms with Gasteiger partial charge in [0.25, 0.3) is 0 Å². The van der Waals surface area contributed by atoms with Gasteiger partial charge in [0.2, 0.25) is 5.91 Å². The number of hydrogen-bond acceptors (Lipinski definition) is 4. The molecule has 2 fully saturated rings. The van der Waals surface area contributed by atoms with E-state index in [-0.39, 0.29) is 11.8 Å². The maximum absolute atomic E-state index is 14.8. The van der Waals surface area contributed by atoms with Gasteiger partial charge >= 0.3 is 5.97 Å². The molecular formula is C33H35FN2O3. The lowest BCUT2D eigenvalue weighted by Gasteiger charge is -2.30. The number of hydrogen-bond donors (Lipinski definition) is 0. The summed E-state index contributed by atoms with van der Waals surface area (Å²) in [4.78, 5) is 29.1. The summed E-state index contributed by atoms with van der Waals surface area (Å²) in [5.74, 6) is -0.546. The fraction of sp³-hybridized carbons (Fsp3) is 0.333. The summed E-state index contributed by atoms with van der Waals surface area (Å²) in [6.07, 6.45) is 6.70. The largest absolute Gasteiger partial charge is 0.466 e. The van der Waals surface area contributed by atoms with Gasteiger partial charge < -0.3 is 14.5 Å². The summed E-state index contributed by atoms with van der Waals surface area (Å²) >= 11 is 0. The van der Waals surface area contributed by atoms with Crippen molar-refractivity contribution in [2.45, 2.75) is 32.2 Å². The van der Waals surface area contributed by atoms with Crippen LogP contribution in [0.15, 0.2) is 72.8 Å². The second-order valence-corrected chi connectivity index (χ2v) is 10.8. The average molecular weight is 528 g/mol. The normalized spacial score (nSPS) is 21.0. The maximum Gasteiger partial charge on any atom is 0.330 e. The number of nitrogens with zero attached hydrogens (tertiary/aromatic N) is 2. The highest BCUT2D eigenvalue weighted by Crippen LogP contribution is 2.49. The summed E-state index contributed by atoms with van der Waals surface area (Å²) < 4.78 is 28.7. The fourth-order valence-electron chi connectivity index (χ4n) is 5.92. The number of ether oxygens (including phenoxy) is 1. The van der Waals surface area contributed by atoms with Crippen LogP contribution in [-0.4, -0.2) is 33.1 Å². The van der Waals surface area contributed by atoms with Crippen LogP contribution in [0.3, 0.4) is 0 Å². The van der Waals surface area contributed by atoms with E-state index in [1.165, 1.54) is 36.3 Å². The van der Waals surface area contributed by atoms with E-state index in [0.29, 0.717) is 28.7 Å². The second-order valence-electron chi connectivity index (χ2n) is 10.8. The lowest BCUT2D eigenvalue weighted by Crippen LogP contribution is -2.38. The zero-order chi connectivity index (χ0) is 28.4. The molecule has 0 saturated heterocycles. The topological polar surface area (TPSA) is 49.9 Å². The van der Waals surface area contributed by atoms with Crippen LogP contribution in [0.2, 0.25) is 0 Å². The van der Waals surface area contributed by atoms with Crippen LogP contribution in [0, 0.1) is 23.6 Å². The number of methoxy groups -OCH3 is 1. The van der Waals surface area contributed by atoms with E-state index >= 15 is 0 Å². The van der Waals surface area contributed by atoms with Crippen LogP contribution in [0.4, 0.5) is 15.8 Å². The van der Waals surface area contributed by atoms with Crippen molar-refractivity contribution in [2.75, 3.05) is 31.0 Å². The van der Waals surface area contributed by atoms with Crippen molar-refractivity contribution in [2.24, 2.45) is 17.8 Å². The molecule has 202 valence electrons. The summed E-state index contributed by atoms with van der Waals surface area (Å²) in [6, 6.07) is 20.1. The smallest absolute Gasteiger partial charge is 0.330 e. The third-order valence-corrected chi connectivity index (χ3v) is 7.99. The Kier molecular flexibility index (Phi) is 7.44. The third-order valence-electron chi connectivity index (χ3n) is 7.99. The molecule has 2 aliphatic rings. The number of anilines is 2. The number of carbonyl (C=O) groups excluding carboxylic acids is 2. The average Bonchev–Trinajstić information content (AvgIpc) is 3.60. The van der Waals surface area contributed by atoms with Crippen LogP contribution in [-0.2, 0) is 20.8 Å². The first-order chi connectivity index (χ1) is 19.2. The van der Waals surface area contributed by atoms with Gasteiger partial charge in [0.1, 0.15) is 5.82 Å². The Labute approximate surface area is 231 Å². The number of rotatable bonds is 8. The highest BCUT2D eigenvalue weighted by atomic mass is 19.1. The van der Waals surface area contributed by atoms with Gasteiger partial charge in [0.15, 0.2) is 0 Å². The number of esters is 1. The Bertz CT molecular complexity index is 1400. The highest BCUT2D eigenvalue weighted by Gasteiger charge is 2.44. The zero-order valence-electron chi connectivity index (χ0n) is 23.6. The Morgan fingerprint density at radius 1 is 0.974 bits per heavy atom. The predicted molar refractivity (Wildman–Crippen MR) is 154 cm³/mol. The molecule has 0 N–H and O–H groups in total. The van der Waals surface area contributed by atoms with Crippen LogP contribution in [0.25, 0.3) is 17.2 Å². The van der Waals surface area contributed by atoms with E-state index in [9.17, 15) is 15.4 Å². The molecule has 0 aliphatic heterocycles. The first-order valence-corrected chi connectivity index (χ1v) is 13.4. The third kappa shape index (κ3) is 6.06. The van der Waals surface area contributed by atoms with E-state index in [4.69, 9.17) is 0 Å². The van der Waals surface area contributed by atoms with E-state index < -0.39 is 18.3 Å². The van der Waals surface area contributed by atoms with Crippen molar-refractivity contribution in [3.8, 4) is 11.1 Å². The molecule has 0 unspecified atom stereocenters. The lowest BCUT2D eigenvalue weighted by atomic mass is 9.87. The van der Waals surface area contributed by atoms with E-state index in [1.807, 2.05) is 43.3 Å². The van der Waals surface area contributed by atoms with Crippen LogP contribution < -0.4 is 9.80 Å². The van der Waals surface area contributed by atoms with E-state index in [1.54, 1.807) is 6.07 Å². The molecule has 4 atom stereocenters. The maximum atomic E-state index is 14.8. The number of fused-ring (bicyclic) bond motifs is 2. The summed E-state index contributed by atoms with van der Waals surface area (Å²) in [5, 5.41) is 0. The molecule has 5 rings (SSSR count). The van der Waals surface area contributed by atoms with Crippen molar-refractivity contribution in [1.29, 1.82) is 0 Å². The molecule has 39 heavy (non-hydrogen) atoms. The van der Waals surface area contributed by atoms with Crippen molar-refractivity contribution < 1.29 is 20.1 Å². The Balaban J connectivity index is 1.47. The molecule has 6 heteroatoms. The molecule has 0 heterocycles. The summed E-state index contributed by atoms with van der Waals surface area (Å²) in [7, 11) is 5.27. The van der Waals surface area contributed by atoms with Gasteiger partial charge in [-0.2, -0.15) is 0 Å². The van der Waals surface area contributed by atoms with Crippen LogP contribution in [0.5, 0.6) is 0 Å². The van der Waals surface area contributed by atoms with Crippen LogP contribution in [0.1, 0.15) is 38.2 Å². The minimum Gasteiger partial charge on any atom is -0.466 e. The second kappa shape index (κ2) is 11.4. The first kappa shape index (κ1) is 25.4. The Morgan fingerprint density at radius 3 is 2.26 bits per heavy atom. The Hall–Kier alpha value is -3.93. The zero-order valence-corrected chi connectivity index (χ0v) is 22.6. The number of benzene rings is 3. The van der Waals surface area contributed by atoms with Gasteiger partial charge in [-0.1, -0.05) is 42.8 Å². The van der Waals surface area contributed by atoms with Crippen molar-refractivity contribution in [3.63, 3.8) is 0 Å². The SMILES string of the molecule is [2H][C@@H](c1ccc(-c2ccc(N(C)C)cc2)cc1)N(C(=O)[C@H]1C[C@H]2CC[C@@H]1C2)c1cc(F)cc(/C=C/C(=O)OC)c1. The molecule has 2 aliphatic carbocycles. The van der Waals surface area contributed by atoms with Gasteiger partial charge in [0, 0.05) is 37.5 Å². The van der Waals surface area contributed by atoms with Gasteiger partial charge in [-0.15, -0.1) is 0 Å². The summed E-state index contributed by atoms with van der Waals surface area (Å²) in [5.41, 5.74) is 4.53. The molecule has 1 amide bonds. The van der Waals surface area contributed by atoms with Gasteiger partial charge in [0.05, 0.1) is 15.0 Å². The molecule has 0 spiro atoms. The highest BCUT2D eigenvalue weighted by molar-refractivity contribution is 5.96. The van der Waals surface area contributed by atoms with E-state index in [0.717, 1.165) is 42.5 Å². The molecule has 5 nitrogen and oxygen atoms in total. The molecular weight excluding hydrogens is 491 g/mol. The minimum absolute atomic E-state index is 0.135. The van der Waals surface area contributed by atoms with Gasteiger partial charge in [-0.25, -0.2) is 9.18 Å². The minimum atomic E-state index is -1.06. The first-order valence-electron chi connectivity index (χ1n) is 14.0. The Morgan fingerprint density at radius 2 is 1.67 bits per heavy atom. The summed E-state index contributed by atoms with van der Waals surface area (Å²) in [6.45, 7) is -1.06. The number of halogens is 1. The molecule has 3 aromatic rings. The number of amides is 1. The molecule has 2 saturated carbocycles. The van der Waals surface area contributed by atoms with Crippen LogP contribution >= 0.6 is 0 Å². The number of carbonyl (C=O) groups is 2. The van der Waals surface area contributed by atoms with Crippen molar-refractivity contribution in [1.82, 2.24) is 0 Å². The van der Waals surface area contributed by atoms with Crippen molar-refractivity contribution in [3.05, 3.63) is 89.8 Å². The molecule has 0 aromatic heterocycles. The van der Waals surface area contributed by atoms with E-state index in [2.05, 4.69) is 29.0 Å². The standard InChI is InChI=1S/C33H35FN2O3/c1-35(2)29-13-11-26(12-14-29)25-8-4-22(5-9-25)21-36(33(38)31-19-23-6-10-27(31)16-23)30-18-24(17-28(34)20-30)7-15-32(37)39-3/h4-5,7-9,11-15,17-18,20,23,27,31H,6,10,16,19,21H2,1-3H3/b15-7+/t23-,27+,31-/m0/s1/i21D/t21-,23-,27+,31-. The quantitative estimate of drug-likeness (QED) is 0.241. The lowest BCUT2D eigenvalue weighted by molar-refractivity contribution is -0.134. The predicted octanol–water partition coefficient (Wildman–Crippen LogP) is 6.71. The van der Waals surface area contributed by atoms with Crippen molar-refractivity contribution >= 4 is 29.3 Å². The molecule has 0 radical (unpaired) electrons.